The second-order valence-electron chi connectivity index (χ2n) is 5.40. The third-order valence-electron chi connectivity index (χ3n) is 3.36. The van der Waals surface area contributed by atoms with Gasteiger partial charge in [0.05, 0.1) is 12.3 Å². The van der Waals surface area contributed by atoms with Gasteiger partial charge < -0.3 is 19.7 Å². The van der Waals surface area contributed by atoms with E-state index in [1.807, 2.05) is 19.0 Å². The Bertz CT molecular complexity index is 709. The van der Waals surface area contributed by atoms with Crippen molar-refractivity contribution in [1.29, 1.82) is 0 Å². The summed E-state index contributed by atoms with van der Waals surface area (Å²) < 4.78 is 14.7. The smallest absolute Gasteiger partial charge is 0.223 e. The zero-order chi connectivity index (χ0) is 16.3. The molecular weight excluding hydrogens is 287 g/mol. The summed E-state index contributed by atoms with van der Waals surface area (Å²) in [5, 5.41) is 19.6. The maximum absolute atomic E-state index is 13.0. The van der Waals surface area contributed by atoms with Crippen LogP contribution in [0.25, 0.3) is 0 Å². The zero-order valence-corrected chi connectivity index (χ0v) is 12.6. The van der Waals surface area contributed by atoms with Gasteiger partial charge in [-0.25, -0.2) is 4.39 Å². The average Bonchev–Trinajstić information content (AvgIpc) is 2.48. The summed E-state index contributed by atoms with van der Waals surface area (Å²) in [6.45, 7) is 0.348. The normalized spacial score (nSPS) is 11.1. The number of aliphatic hydroxyl groups is 1. The quantitative estimate of drug-likeness (QED) is 0.874. The maximum atomic E-state index is 13.0. The molecule has 0 amide bonds. The Hall–Kier alpha value is -2.18. The molecule has 0 fully saturated rings. The number of halogens is 1. The molecule has 0 spiro atoms. The summed E-state index contributed by atoms with van der Waals surface area (Å²) in [5.74, 6) is -0.657. The van der Waals surface area contributed by atoms with Crippen LogP contribution in [0.1, 0.15) is 17.0 Å². The van der Waals surface area contributed by atoms with E-state index in [2.05, 4.69) is 0 Å². The van der Waals surface area contributed by atoms with Crippen molar-refractivity contribution >= 4 is 0 Å². The maximum Gasteiger partial charge on any atom is 0.223 e. The van der Waals surface area contributed by atoms with E-state index in [-0.39, 0.29) is 18.2 Å². The summed E-state index contributed by atoms with van der Waals surface area (Å²) in [6.07, 6.45) is 0. The van der Waals surface area contributed by atoms with Crippen LogP contribution < -0.4 is 5.43 Å². The first-order valence-electron chi connectivity index (χ1n) is 6.87. The van der Waals surface area contributed by atoms with E-state index < -0.39 is 5.43 Å². The highest BCUT2D eigenvalue weighted by molar-refractivity contribution is 5.31. The number of rotatable bonds is 5. The van der Waals surface area contributed by atoms with Gasteiger partial charge >= 0.3 is 0 Å². The molecule has 1 aromatic carbocycles. The Morgan fingerprint density at radius 3 is 2.41 bits per heavy atom. The van der Waals surface area contributed by atoms with Crippen LogP contribution >= 0.6 is 0 Å². The number of nitrogens with zero attached hydrogens (tertiary/aromatic N) is 2. The van der Waals surface area contributed by atoms with Crippen molar-refractivity contribution in [2.75, 3.05) is 14.1 Å². The number of hydrogen-bond donors (Lipinski definition) is 2. The monoisotopic (exact) mass is 306 g/mol. The Morgan fingerprint density at radius 2 is 1.86 bits per heavy atom. The highest BCUT2D eigenvalue weighted by atomic mass is 19.1. The van der Waals surface area contributed by atoms with Crippen molar-refractivity contribution in [3.63, 3.8) is 0 Å². The van der Waals surface area contributed by atoms with Crippen LogP contribution in [0.5, 0.6) is 5.75 Å². The minimum atomic E-state index is -0.517. The predicted octanol–water partition coefficient (Wildman–Crippen LogP) is 1.30. The summed E-state index contributed by atoms with van der Waals surface area (Å²) >= 11 is 0. The van der Waals surface area contributed by atoms with Crippen molar-refractivity contribution in [2.45, 2.75) is 19.7 Å². The third-order valence-corrected chi connectivity index (χ3v) is 3.36. The van der Waals surface area contributed by atoms with Crippen molar-refractivity contribution in [3.8, 4) is 5.75 Å². The fourth-order valence-electron chi connectivity index (χ4n) is 2.30. The summed E-state index contributed by atoms with van der Waals surface area (Å²) in [4.78, 5) is 13.6. The van der Waals surface area contributed by atoms with Crippen molar-refractivity contribution in [1.82, 2.24) is 9.47 Å². The molecule has 5 nitrogen and oxygen atoms in total. The van der Waals surface area contributed by atoms with Gasteiger partial charge in [0, 0.05) is 24.8 Å². The molecule has 2 aromatic rings. The van der Waals surface area contributed by atoms with Gasteiger partial charge in [-0.3, -0.25) is 4.79 Å². The minimum Gasteiger partial charge on any atom is -0.503 e. The van der Waals surface area contributed by atoms with Crippen LogP contribution in [0.3, 0.4) is 0 Å². The molecule has 0 atom stereocenters. The topological polar surface area (TPSA) is 65.7 Å². The Morgan fingerprint density at radius 1 is 1.23 bits per heavy atom. The van der Waals surface area contributed by atoms with Crippen LogP contribution in [-0.2, 0) is 19.7 Å². The molecule has 2 N–H and O–H groups in total. The lowest BCUT2D eigenvalue weighted by Gasteiger charge is -2.21. The van der Waals surface area contributed by atoms with E-state index in [0.717, 1.165) is 5.56 Å². The Balaban J connectivity index is 2.53. The largest absolute Gasteiger partial charge is 0.503 e. The first-order valence-corrected chi connectivity index (χ1v) is 6.87. The van der Waals surface area contributed by atoms with E-state index in [1.165, 1.54) is 18.2 Å². The molecule has 0 saturated carbocycles. The predicted molar refractivity (Wildman–Crippen MR) is 81.2 cm³/mol. The number of benzene rings is 1. The molecule has 6 heteroatoms. The molecule has 118 valence electrons. The molecule has 1 aromatic heterocycles. The highest BCUT2D eigenvalue weighted by Gasteiger charge is 2.15. The van der Waals surface area contributed by atoms with Gasteiger partial charge in [-0.2, -0.15) is 0 Å². The van der Waals surface area contributed by atoms with Gasteiger partial charge in [0.15, 0.2) is 5.75 Å². The van der Waals surface area contributed by atoms with Gasteiger partial charge in [-0.15, -0.1) is 0 Å². The fourth-order valence-corrected chi connectivity index (χ4v) is 2.30. The Kier molecular flexibility index (Phi) is 4.95. The second kappa shape index (κ2) is 6.72. The summed E-state index contributed by atoms with van der Waals surface area (Å²) in [7, 11) is 3.63. The van der Waals surface area contributed by atoms with Crippen LogP contribution in [0.15, 0.2) is 35.1 Å². The molecule has 0 saturated heterocycles. The van der Waals surface area contributed by atoms with Gasteiger partial charge in [0.25, 0.3) is 0 Å². The average molecular weight is 306 g/mol. The van der Waals surface area contributed by atoms with E-state index in [4.69, 9.17) is 0 Å². The van der Waals surface area contributed by atoms with Gasteiger partial charge in [-0.05, 0) is 31.8 Å². The van der Waals surface area contributed by atoms with Gasteiger partial charge in [0.2, 0.25) is 5.43 Å². The van der Waals surface area contributed by atoms with Crippen molar-refractivity contribution in [3.05, 3.63) is 63.3 Å². The molecule has 0 unspecified atom stereocenters. The first-order chi connectivity index (χ1) is 10.4. The number of hydrogen-bond acceptors (Lipinski definition) is 4. The third kappa shape index (κ3) is 3.52. The molecule has 0 radical (unpaired) electrons. The molecule has 0 bridgehead atoms. The van der Waals surface area contributed by atoms with Crippen LogP contribution in [0.4, 0.5) is 4.39 Å². The second-order valence-corrected chi connectivity index (χ2v) is 5.40. The highest BCUT2D eigenvalue weighted by Crippen LogP contribution is 2.18. The first kappa shape index (κ1) is 16.2. The molecule has 0 aliphatic rings. The SMILES string of the molecule is CN(C)Cc1c(O)c(=O)cc(CO)n1Cc1ccc(F)cc1. The van der Waals surface area contributed by atoms with E-state index >= 15 is 0 Å². The number of aliphatic hydroxyl groups excluding tert-OH is 1. The standard InChI is InChI=1S/C16H19FN2O3/c1-18(2)9-14-16(22)15(21)7-13(10-20)19(14)8-11-3-5-12(17)6-4-11/h3-7,20,22H,8-10H2,1-2H3. The van der Waals surface area contributed by atoms with Crippen LogP contribution in [-0.4, -0.2) is 33.8 Å². The molecular formula is C16H19FN2O3. The number of aromatic nitrogens is 1. The molecule has 0 aliphatic heterocycles. The summed E-state index contributed by atoms with van der Waals surface area (Å²) in [5.41, 5.74) is 1.12. The minimum absolute atomic E-state index is 0.322. The van der Waals surface area contributed by atoms with E-state index in [0.29, 0.717) is 24.5 Å². The van der Waals surface area contributed by atoms with Crippen molar-refractivity contribution in [2.24, 2.45) is 0 Å². The Labute approximate surface area is 127 Å². The number of pyridine rings is 1. The van der Waals surface area contributed by atoms with E-state index in [1.54, 1.807) is 16.7 Å². The molecule has 2 rings (SSSR count). The lowest BCUT2D eigenvalue weighted by Crippen LogP contribution is -2.23. The van der Waals surface area contributed by atoms with Gasteiger partial charge in [-0.1, -0.05) is 12.1 Å². The van der Waals surface area contributed by atoms with Crippen LogP contribution in [0.2, 0.25) is 0 Å². The van der Waals surface area contributed by atoms with E-state index in [9.17, 15) is 19.4 Å². The van der Waals surface area contributed by atoms with Crippen LogP contribution in [0, 0.1) is 5.82 Å². The lowest BCUT2D eigenvalue weighted by molar-refractivity contribution is 0.266. The zero-order valence-electron chi connectivity index (χ0n) is 12.6. The molecule has 1 heterocycles. The molecule has 0 aliphatic carbocycles. The summed E-state index contributed by atoms with van der Waals surface area (Å²) in [6, 6.07) is 7.18. The van der Waals surface area contributed by atoms with Crippen molar-refractivity contribution < 1.29 is 14.6 Å². The lowest BCUT2D eigenvalue weighted by atomic mass is 10.1. The fraction of sp³-hybridized carbons (Fsp3) is 0.312. The molecule has 22 heavy (non-hydrogen) atoms. The van der Waals surface area contributed by atoms with Gasteiger partial charge in [0.1, 0.15) is 5.82 Å². The number of aromatic hydroxyl groups is 1.